The molecule has 0 atom stereocenters. The monoisotopic (exact) mass is 197 g/mol. The number of carboxylic acid groups (broad SMARTS) is 1. The topological polar surface area (TPSA) is 78.0 Å². The Morgan fingerprint density at radius 3 is 2.50 bits per heavy atom. The van der Waals surface area contributed by atoms with Gasteiger partial charge in [0, 0.05) is 11.2 Å². The molecule has 0 spiro atoms. The molecule has 5 heteroatoms. The largest absolute Gasteiger partial charge is 0.477 e. The summed E-state index contributed by atoms with van der Waals surface area (Å²) < 4.78 is 0. The van der Waals surface area contributed by atoms with Gasteiger partial charge in [0.05, 0.1) is 0 Å². The predicted octanol–water partition coefficient (Wildman–Crippen LogP) is 1.63. The van der Waals surface area contributed by atoms with Gasteiger partial charge in [-0.15, -0.1) is 0 Å². The molecule has 1 rings (SSSR count). The minimum absolute atomic E-state index is 0.203. The van der Waals surface area contributed by atoms with Gasteiger partial charge in [-0.2, -0.15) is 5.10 Å². The average Bonchev–Trinajstić information content (AvgIpc) is 2.27. The Labute approximate surface area is 82.5 Å². The SMILES string of the molecule is Cc1[nH]nc(NC(C)(C)C)c1C(=O)O. The van der Waals surface area contributed by atoms with E-state index in [2.05, 4.69) is 15.5 Å². The number of carbonyl (C=O) groups is 1. The second kappa shape index (κ2) is 3.32. The van der Waals surface area contributed by atoms with Crippen molar-refractivity contribution in [1.82, 2.24) is 10.2 Å². The fourth-order valence-electron chi connectivity index (χ4n) is 1.14. The molecule has 0 aromatic carbocycles. The number of nitrogens with zero attached hydrogens (tertiary/aromatic N) is 1. The molecule has 0 saturated carbocycles. The van der Waals surface area contributed by atoms with Gasteiger partial charge in [0.1, 0.15) is 5.56 Å². The first-order valence-corrected chi connectivity index (χ1v) is 4.37. The van der Waals surface area contributed by atoms with E-state index in [-0.39, 0.29) is 11.1 Å². The maximum atomic E-state index is 10.9. The van der Waals surface area contributed by atoms with Crippen LogP contribution in [0.25, 0.3) is 0 Å². The number of anilines is 1. The standard InChI is InChI=1S/C9H15N3O2/c1-5-6(8(13)14)7(12-11-5)10-9(2,3)4/h1-4H3,(H,13,14)(H2,10,11,12). The number of aromatic carboxylic acids is 1. The van der Waals surface area contributed by atoms with Gasteiger partial charge in [-0.05, 0) is 27.7 Å². The number of H-pyrrole nitrogens is 1. The van der Waals surface area contributed by atoms with E-state index in [1.807, 2.05) is 20.8 Å². The quantitative estimate of drug-likeness (QED) is 0.673. The minimum Gasteiger partial charge on any atom is -0.477 e. The second-order valence-corrected chi connectivity index (χ2v) is 4.25. The molecule has 0 saturated heterocycles. The molecule has 5 nitrogen and oxygen atoms in total. The van der Waals surface area contributed by atoms with E-state index in [4.69, 9.17) is 5.11 Å². The van der Waals surface area contributed by atoms with Crippen molar-refractivity contribution < 1.29 is 9.90 Å². The summed E-state index contributed by atoms with van der Waals surface area (Å²) in [4.78, 5) is 10.9. The molecule has 0 unspecified atom stereocenters. The van der Waals surface area contributed by atoms with Gasteiger partial charge in [-0.1, -0.05) is 0 Å². The van der Waals surface area contributed by atoms with Gasteiger partial charge in [0.25, 0.3) is 0 Å². The maximum absolute atomic E-state index is 10.9. The Hall–Kier alpha value is -1.52. The molecule has 0 aliphatic heterocycles. The van der Waals surface area contributed by atoms with Crippen molar-refractivity contribution in [2.75, 3.05) is 5.32 Å². The predicted molar refractivity (Wildman–Crippen MR) is 53.7 cm³/mol. The zero-order chi connectivity index (χ0) is 10.9. The molecule has 0 amide bonds. The molecule has 0 aliphatic carbocycles. The van der Waals surface area contributed by atoms with Crippen molar-refractivity contribution >= 4 is 11.8 Å². The first-order chi connectivity index (χ1) is 6.31. The average molecular weight is 197 g/mol. The number of hydrogen-bond donors (Lipinski definition) is 3. The third-order valence-corrected chi connectivity index (χ3v) is 1.65. The van der Waals surface area contributed by atoms with E-state index in [0.29, 0.717) is 11.5 Å². The van der Waals surface area contributed by atoms with Crippen LogP contribution in [0.2, 0.25) is 0 Å². The smallest absolute Gasteiger partial charge is 0.341 e. The van der Waals surface area contributed by atoms with Gasteiger partial charge in [0.2, 0.25) is 0 Å². The zero-order valence-corrected chi connectivity index (χ0v) is 8.80. The van der Waals surface area contributed by atoms with Crippen LogP contribution < -0.4 is 5.32 Å². The highest BCUT2D eigenvalue weighted by Gasteiger charge is 2.20. The number of aryl methyl sites for hydroxylation is 1. The van der Waals surface area contributed by atoms with E-state index in [1.165, 1.54) is 0 Å². The van der Waals surface area contributed by atoms with Crippen LogP contribution in [0, 0.1) is 6.92 Å². The van der Waals surface area contributed by atoms with Crippen LogP contribution in [-0.4, -0.2) is 26.8 Å². The van der Waals surface area contributed by atoms with Crippen molar-refractivity contribution in [2.45, 2.75) is 33.2 Å². The summed E-state index contributed by atoms with van der Waals surface area (Å²) in [6, 6.07) is 0. The van der Waals surface area contributed by atoms with Gasteiger partial charge in [-0.3, -0.25) is 5.10 Å². The summed E-state index contributed by atoms with van der Waals surface area (Å²) in [5.74, 6) is -0.578. The molecule has 1 aromatic rings. The minimum atomic E-state index is -0.969. The van der Waals surface area contributed by atoms with E-state index in [0.717, 1.165) is 0 Å². The summed E-state index contributed by atoms with van der Waals surface area (Å²) in [6.07, 6.45) is 0. The first-order valence-electron chi connectivity index (χ1n) is 4.37. The van der Waals surface area contributed by atoms with Crippen LogP contribution in [0.15, 0.2) is 0 Å². The van der Waals surface area contributed by atoms with E-state index < -0.39 is 5.97 Å². The fourth-order valence-corrected chi connectivity index (χ4v) is 1.14. The molecule has 0 aliphatic rings. The van der Waals surface area contributed by atoms with Crippen molar-refractivity contribution in [3.05, 3.63) is 11.3 Å². The highest BCUT2D eigenvalue weighted by molar-refractivity contribution is 5.94. The van der Waals surface area contributed by atoms with Crippen LogP contribution in [0.4, 0.5) is 5.82 Å². The van der Waals surface area contributed by atoms with Crippen molar-refractivity contribution in [3.8, 4) is 0 Å². The number of nitrogens with one attached hydrogen (secondary N) is 2. The van der Waals surface area contributed by atoms with E-state index in [1.54, 1.807) is 6.92 Å². The van der Waals surface area contributed by atoms with Gasteiger partial charge >= 0.3 is 5.97 Å². The van der Waals surface area contributed by atoms with Crippen molar-refractivity contribution in [2.24, 2.45) is 0 Å². The lowest BCUT2D eigenvalue weighted by Gasteiger charge is -2.20. The normalized spacial score (nSPS) is 11.4. The van der Waals surface area contributed by atoms with Crippen LogP contribution in [0.1, 0.15) is 36.8 Å². The Morgan fingerprint density at radius 1 is 1.50 bits per heavy atom. The summed E-state index contributed by atoms with van der Waals surface area (Å²) >= 11 is 0. The summed E-state index contributed by atoms with van der Waals surface area (Å²) in [6.45, 7) is 7.53. The molecule has 78 valence electrons. The summed E-state index contributed by atoms with van der Waals surface area (Å²) in [5.41, 5.74) is 0.565. The fraction of sp³-hybridized carbons (Fsp3) is 0.556. The van der Waals surface area contributed by atoms with Crippen LogP contribution in [0.3, 0.4) is 0 Å². The van der Waals surface area contributed by atoms with E-state index >= 15 is 0 Å². The van der Waals surface area contributed by atoms with Crippen LogP contribution in [-0.2, 0) is 0 Å². The first kappa shape index (κ1) is 10.6. The molecule has 0 fully saturated rings. The highest BCUT2D eigenvalue weighted by Crippen LogP contribution is 2.19. The summed E-state index contributed by atoms with van der Waals surface area (Å²) in [5, 5.41) is 18.5. The molecule has 3 N–H and O–H groups in total. The van der Waals surface area contributed by atoms with E-state index in [9.17, 15) is 4.79 Å². The molecule has 0 bridgehead atoms. The van der Waals surface area contributed by atoms with Gasteiger partial charge < -0.3 is 10.4 Å². The van der Waals surface area contributed by atoms with Crippen molar-refractivity contribution in [1.29, 1.82) is 0 Å². The van der Waals surface area contributed by atoms with Gasteiger partial charge in [0.15, 0.2) is 5.82 Å². The number of aromatic amines is 1. The Morgan fingerprint density at radius 2 is 2.07 bits per heavy atom. The molecule has 1 heterocycles. The zero-order valence-electron chi connectivity index (χ0n) is 8.80. The maximum Gasteiger partial charge on any atom is 0.341 e. The number of carboxylic acids is 1. The lowest BCUT2D eigenvalue weighted by Crippen LogP contribution is -2.27. The molecular weight excluding hydrogens is 182 g/mol. The summed E-state index contributed by atoms with van der Waals surface area (Å²) in [7, 11) is 0. The number of hydrogen-bond acceptors (Lipinski definition) is 3. The number of aromatic nitrogens is 2. The number of rotatable bonds is 2. The third kappa shape index (κ3) is 2.25. The highest BCUT2D eigenvalue weighted by atomic mass is 16.4. The van der Waals surface area contributed by atoms with Crippen LogP contribution in [0.5, 0.6) is 0 Å². The second-order valence-electron chi connectivity index (χ2n) is 4.25. The molecular formula is C9H15N3O2. The van der Waals surface area contributed by atoms with Crippen LogP contribution >= 0.6 is 0 Å². The Bertz CT molecular complexity index is 349. The van der Waals surface area contributed by atoms with Gasteiger partial charge in [-0.25, -0.2) is 4.79 Å². The molecule has 0 radical (unpaired) electrons. The molecule has 1 aromatic heterocycles. The third-order valence-electron chi connectivity index (χ3n) is 1.65. The Kier molecular flexibility index (Phi) is 2.51. The lowest BCUT2D eigenvalue weighted by molar-refractivity contribution is 0.0697. The Balaban J connectivity index is 3.04. The van der Waals surface area contributed by atoms with Crippen molar-refractivity contribution in [3.63, 3.8) is 0 Å². The lowest BCUT2D eigenvalue weighted by atomic mass is 10.1. The molecule has 14 heavy (non-hydrogen) atoms.